The van der Waals surface area contributed by atoms with Gasteiger partial charge in [-0.25, -0.2) is 4.98 Å². The number of rotatable bonds is 7. The van der Waals surface area contributed by atoms with Gasteiger partial charge in [0.2, 0.25) is 5.95 Å². The fourth-order valence-electron chi connectivity index (χ4n) is 2.67. The van der Waals surface area contributed by atoms with Crippen LogP contribution in [-0.2, 0) is 6.42 Å². The maximum atomic E-state index is 5.20. The molecule has 2 rings (SSSR count). The molecule has 120 valence electrons. The third kappa shape index (κ3) is 3.62. The summed E-state index contributed by atoms with van der Waals surface area (Å²) in [6.07, 6.45) is 3.48. The van der Waals surface area contributed by atoms with Crippen LogP contribution in [-0.4, -0.2) is 16.7 Å². The summed E-state index contributed by atoms with van der Waals surface area (Å²) in [5, 5.41) is 3.44. The number of nitrogens with zero attached hydrogens (tertiary/aromatic N) is 2. The average molecular weight is 301 g/mol. The van der Waals surface area contributed by atoms with Gasteiger partial charge in [0.05, 0.1) is 12.8 Å². The Morgan fingerprint density at radius 3 is 2.45 bits per heavy atom. The minimum atomic E-state index is 0.383. The number of anilines is 2. The van der Waals surface area contributed by atoms with Gasteiger partial charge in [-0.2, -0.15) is 0 Å². The second kappa shape index (κ2) is 7.34. The van der Waals surface area contributed by atoms with Crippen LogP contribution in [0.4, 0.5) is 11.6 Å². The monoisotopic (exact) mass is 301 g/mol. The highest BCUT2D eigenvalue weighted by Crippen LogP contribution is 2.26. The summed E-state index contributed by atoms with van der Waals surface area (Å²) >= 11 is 0. The molecule has 0 spiro atoms. The van der Waals surface area contributed by atoms with Gasteiger partial charge in [-0.3, -0.25) is 0 Å². The lowest BCUT2D eigenvalue weighted by Crippen LogP contribution is -2.10. The molecule has 0 amide bonds. The van der Waals surface area contributed by atoms with E-state index in [4.69, 9.17) is 9.72 Å². The normalized spacial score (nSPS) is 11.0. The predicted octanol–water partition coefficient (Wildman–Crippen LogP) is 4.87. The predicted molar refractivity (Wildman–Crippen MR) is 92.2 cm³/mol. The van der Waals surface area contributed by atoms with Gasteiger partial charge < -0.3 is 14.6 Å². The summed E-state index contributed by atoms with van der Waals surface area (Å²) in [5.74, 6) is 1.78. The number of hydrogen-bond acceptors (Lipinski definition) is 3. The molecular formula is C18H27N3O. The van der Waals surface area contributed by atoms with Gasteiger partial charge in [0.25, 0.3) is 0 Å². The highest BCUT2D eigenvalue weighted by Gasteiger charge is 2.16. The molecule has 1 N–H and O–H groups in total. The van der Waals surface area contributed by atoms with Crippen molar-refractivity contribution in [2.45, 2.75) is 53.0 Å². The van der Waals surface area contributed by atoms with E-state index >= 15 is 0 Å². The van der Waals surface area contributed by atoms with E-state index in [-0.39, 0.29) is 0 Å². The summed E-state index contributed by atoms with van der Waals surface area (Å²) in [7, 11) is 1.68. The molecule has 0 radical (unpaired) electrons. The first-order valence-electron chi connectivity index (χ1n) is 8.05. The number of aryl methyl sites for hydroxylation is 1. The largest absolute Gasteiger partial charge is 0.497 e. The van der Waals surface area contributed by atoms with Gasteiger partial charge in [-0.1, -0.05) is 13.3 Å². The first kappa shape index (κ1) is 16.4. The molecule has 0 aliphatic heterocycles. The fraction of sp³-hybridized carbons (Fsp3) is 0.500. The average Bonchev–Trinajstić information content (AvgIpc) is 2.81. The Bertz CT molecular complexity index is 600. The van der Waals surface area contributed by atoms with Crippen molar-refractivity contribution in [1.82, 2.24) is 9.55 Å². The van der Waals surface area contributed by atoms with Crippen molar-refractivity contribution in [3.63, 3.8) is 0 Å². The maximum Gasteiger partial charge on any atom is 0.208 e. The van der Waals surface area contributed by atoms with Crippen LogP contribution >= 0.6 is 0 Å². The van der Waals surface area contributed by atoms with Crippen LogP contribution < -0.4 is 10.1 Å². The molecule has 0 atom stereocenters. The Hall–Kier alpha value is -1.97. The summed E-state index contributed by atoms with van der Waals surface area (Å²) in [6, 6.07) is 8.32. The first-order chi connectivity index (χ1) is 10.6. The maximum absolute atomic E-state index is 5.20. The van der Waals surface area contributed by atoms with Gasteiger partial charge >= 0.3 is 0 Å². The molecule has 2 aromatic rings. The van der Waals surface area contributed by atoms with Crippen LogP contribution in [0.2, 0.25) is 0 Å². The Labute approximate surface area is 133 Å². The molecule has 4 nitrogen and oxygen atoms in total. The summed E-state index contributed by atoms with van der Waals surface area (Å²) in [6.45, 7) is 8.73. The number of ether oxygens (including phenoxy) is 1. The Morgan fingerprint density at radius 1 is 1.23 bits per heavy atom. The smallest absolute Gasteiger partial charge is 0.208 e. The van der Waals surface area contributed by atoms with Crippen molar-refractivity contribution < 1.29 is 4.74 Å². The second-order valence-electron chi connectivity index (χ2n) is 5.89. The number of hydrogen-bond donors (Lipinski definition) is 1. The second-order valence-corrected chi connectivity index (χ2v) is 5.89. The third-order valence-corrected chi connectivity index (χ3v) is 3.84. The van der Waals surface area contributed by atoms with Crippen molar-refractivity contribution >= 4 is 11.6 Å². The van der Waals surface area contributed by atoms with E-state index in [0.717, 1.165) is 29.5 Å². The van der Waals surface area contributed by atoms with Crippen molar-refractivity contribution in [3.8, 4) is 5.75 Å². The molecule has 0 fully saturated rings. The van der Waals surface area contributed by atoms with Gasteiger partial charge in [0, 0.05) is 17.4 Å². The van der Waals surface area contributed by atoms with E-state index in [1.807, 2.05) is 24.3 Å². The van der Waals surface area contributed by atoms with E-state index < -0.39 is 0 Å². The van der Waals surface area contributed by atoms with Gasteiger partial charge in [-0.05, 0) is 57.9 Å². The molecule has 1 aromatic heterocycles. The lowest BCUT2D eigenvalue weighted by molar-refractivity contribution is 0.415. The molecule has 0 aliphatic rings. The zero-order valence-corrected chi connectivity index (χ0v) is 14.3. The van der Waals surface area contributed by atoms with Crippen molar-refractivity contribution in [2.24, 2.45) is 0 Å². The van der Waals surface area contributed by atoms with E-state index in [1.54, 1.807) is 7.11 Å². The number of unbranched alkanes of at least 4 members (excludes halogenated alkanes) is 1. The van der Waals surface area contributed by atoms with Crippen LogP contribution in [0.25, 0.3) is 0 Å². The molecule has 22 heavy (non-hydrogen) atoms. The minimum absolute atomic E-state index is 0.383. The minimum Gasteiger partial charge on any atom is -0.497 e. The van der Waals surface area contributed by atoms with Crippen LogP contribution in [0.15, 0.2) is 24.3 Å². The summed E-state index contributed by atoms with van der Waals surface area (Å²) in [5.41, 5.74) is 3.49. The Kier molecular flexibility index (Phi) is 5.47. The van der Waals surface area contributed by atoms with Gasteiger partial charge in [-0.15, -0.1) is 0 Å². The Balaban J connectivity index is 2.29. The van der Waals surface area contributed by atoms with Crippen molar-refractivity contribution in [1.29, 1.82) is 0 Å². The third-order valence-electron chi connectivity index (χ3n) is 3.84. The molecule has 0 bridgehead atoms. The highest BCUT2D eigenvalue weighted by molar-refractivity contribution is 5.56. The zero-order valence-electron chi connectivity index (χ0n) is 14.3. The van der Waals surface area contributed by atoms with E-state index in [1.165, 1.54) is 18.5 Å². The van der Waals surface area contributed by atoms with Crippen molar-refractivity contribution in [2.75, 3.05) is 12.4 Å². The zero-order chi connectivity index (χ0) is 16.1. The number of nitrogens with one attached hydrogen (secondary N) is 1. The molecular weight excluding hydrogens is 274 g/mol. The molecule has 1 aromatic carbocycles. The first-order valence-corrected chi connectivity index (χ1v) is 8.05. The SMILES string of the molecule is CCCCc1c(C)nc(Nc2ccc(OC)cc2)n1C(C)C. The van der Waals surface area contributed by atoms with Crippen LogP contribution in [0.1, 0.15) is 51.0 Å². The van der Waals surface area contributed by atoms with Crippen LogP contribution in [0, 0.1) is 6.92 Å². The van der Waals surface area contributed by atoms with E-state index in [0.29, 0.717) is 6.04 Å². The highest BCUT2D eigenvalue weighted by atomic mass is 16.5. The molecule has 1 heterocycles. The van der Waals surface area contributed by atoms with Crippen LogP contribution in [0.3, 0.4) is 0 Å². The number of imidazole rings is 1. The lowest BCUT2D eigenvalue weighted by Gasteiger charge is -2.17. The van der Waals surface area contributed by atoms with Crippen LogP contribution in [0.5, 0.6) is 5.75 Å². The van der Waals surface area contributed by atoms with Gasteiger partial charge in [0.1, 0.15) is 5.75 Å². The topological polar surface area (TPSA) is 39.1 Å². The van der Waals surface area contributed by atoms with E-state index in [2.05, 4.69) is 37.6 Å². The number of benzene rings is 1. The quantitative estimate of drug-likeness (QED) is 0.793. The molecule has 4 heteroatoms. The molecule has 0 unspecified atom stereocenters. The molecule has 0 saturated heterocycles. The fourth-order valence-corrected chi connectivity index (χ4v) is 2.67. The van der Waals surface area contributed by atoms with Crippen molar-refractivity contribution in [3.05, 3.63) is 35.7 Å². The number of methoxy groups -OCH3 is 1. The summed E-state index contributed by atoms with van der Waals surface area (Å²) < 4.78 is 7.51. The summed E-state index contributed by atoms with van der Waals surface area (Å²) in [4.78, 5) is 4.74. The Morgan fingerprint density at radius 2 is 1.91 bits per heavy atom. The van der Waals surface area contributed by atoms with E-state index in [9.17, 15) is 0 Å². The lowest BCUT2D eigenvalue weighted by atomic mass is 10.1. The number of aromatic nitrogens is 2. The molecule has 0 saturated carbocycles. The van der Waals surface area contributed by atoms with Gasteiger partial charge in [0.15, 0.2) is 0 Å². The molecule has 0 aliphatic carbocycles. The standard InChI is InChI=1S/C18H27N3O/c1-6-7-8-17-14(4)19-18(21(17)13(2)3)20-15-9-11-16(22-5)12-10-15/h9-13H,6-8H2,1-5H3,(H,19,20).